The van der Waals surface area contributed by atoms with E-state index < -0.39 is 0 Å². The van der Waals surface area contributed by atoms with Crippen LogP contribution in [0.1, 0.15) is 19.8 Å². The van der Waals surface area contributed by atoms with Crippen LogP contribution in [0.5, 0.6) is 0 Å². The Kier molecular flexibility index (Phi) is 4.88. The van der Waals surface area contributed by atoms with Crippen molar-refractivity contribution in [2.75, 3.05) is 18.4 Å². The van der Waals surface area contributed by atoms with Crippen molar-refractivity contribution in [2.45, 2.75) is 25.9 Å². The van der Waals surface area contributed by atoms with Gasteiger partial charge in [-0.2, -0.15) is 0 Å². The van der Waals surface area contributed by atoms with E-state index in [0.717, 1.165) is 30.6 Å². The number of carbonyl (C=O) groups excluding carboxylic acids is 1. The van der Waals surface area contributed by atoms with Gasteiger partial charge < -0.3 is 10.0 Å². The number of urea groups is 1. The van der Waals surface area contributed by atoms with E-state index in [1.807, 2.05) is 17.5 Å². The van der Waals surface area contributed by atoms with Crippen LogP contribution in [0.4, 0.5) is 9.93 Å². The molecule has 0 aliphatic carbocycles. The Morgan fingerprint density at radius 2 is 2.43 bits per heavy atom. The number of piperidine rings is 1. The molecule has 23 heavy (non-hydrogen) atoms. The van der Waals surface area contributed by atoms with Crippen molar-refractivity contribution in [3.8, 4) is 11.3 Å². The molecule has 2 N–H and O–H groups in total. The van der Waals surface area contributed by atoms with Gasteiger partial charge in [0.1, 0.15) is 0 Å². The van der Waals surface area contributed by atoms with Gasteiger partial charge in [0.25, 0.3) is 0 Å². The molecule has 6 nitrogen and oxygen atoms in total. The fourth-order valence-corrected chi connectivity index (χ4v) is 3.45. The predicted octanol–water partition coefficient (Wildman–Crippen LogP) is 2.83. The van der Waals surface area contributed by atoms with Crippen LogP contribution < -0.4 is 5.32 Å². The van der Waals surface area contributed by atoms with Gasteiger partial charge in [-0.05, 0) is 31.9 Å². The maximum atomic E-state index is 12.4. The van der Waals surface area contributed by atoms with Crippen molar-refractivity contribution in [3.05, 3.63) is 29.9 Å². The number of carbonyl (C=O) groups is 1. The van der Waals surface area contributed by atoms with Crippen molar-refractivity contribution in [1.82, 2.24) is 14.9 Å². The number of aromatic nitrogens is 2. The number of thiazole rings is 1. The van der Waals surface area contributed by atoms with Crippen LogP contribution >= 0.6 is 11.3 Å². The Balaban J connectivity index is 1.63. The molecular weight excluding hydrogens is 312 g/mol. The molecule has 2 atom stereocenters. The summed E-state index contributed by atoms with van der Waals surface area (Å²) in [6.07, 6.45) is 4.96. The van der Waals surface area contributed by atoms with E-state index >= 15 is 0 Å². The van der Waals surface area contributed by atoms with Gasteiger partial charge in [-0.15, -0.1) is 11.3 Å². The zero-order valence-electron chi connectivity index (χ0n) is 13.0. The van der Waals surface area contributed by atoms with E-state index in [9.17, 15) is 9.90 Å². The van der Waals surface area contributed by atoms with E-state index in [2.05, 4.69) is 15.3 Å². The third-order valence-corrected chi connectivity index (χ3v) is 4.86. The zero-order valence-corrected chi connectivity index (χ0v) is 13.8. The van der Waals surface area contributed by atoms with Crippen LogP contribution in [0.2, 0.25) is 0 Å². The number of aliphatic hydroxyl groups is 1. The second kappa shape index (κ2) is 7.06. The average molecular weight is 332 g/mol. The summed E-state index contributed by atoms with van der Waals surface area (Å²) in [4.78, 5) is 22.6. The van der Waals surface area contributed by atoms with Gasteiger partial charge >= 0.3 is 6.03 Å². The Morgan fingerprint density at radius 3 is 3.17 bits per heavy atom. The van der Waals surface area contributed by atoms with E-state index in [1.54, 1.807) is 24.2 Å². The van der Waals surface area contributed by atoms with Crippen molar-refractivity contribution in [2.24, 2.45) is 5.92 Å². The van der Waals surface area contributed by atoms with Crippen molar-refractivity contribution in [1.29, 1.82) is 0 Å². The minimum Gasteiger partial charge on any atom is -0.393 e. The Hall–Kier alpha value is -1.99. The number of likely N-dealkylation sites (tertiary alicyclic amines) is 1. The highest BCUT2D eigenvalue weighted by Gasteiger charge is 2.26. The number of hydrogen-bond acceptors (Lipinski definition) is 5. The first-order valence-electron chi connectivity index (χ1n) is 7.73. The van der Waals surface area contributed by atoms with Gasteiger partial charge in [-0.3, -0.25) is 10.3 Å². The molecule has 7 heteroatoms. The largest absolute Gasteiger partial charge is 0.393 e. The average Bonchev–Trinajstić information content (AvgIpc) is 3.04. The molecule has 1 fully saturated rings. The molecule has 2 aromatic rings. The molecule has 3 heterocycles. The van der Waals surface area contributed by atoms with Gasteiger partial charge in [0.05, 0.1) is 11.8 Å². The lowest BCUT2D eigenvalue weighted by Gasteiger charge is -2.33. The van der Waals surface area contributed by atoms with Crippen LogP contribution in [0.3, 0.4) is 0 Å². The molecule has 0 spiro atoms. The van der Waals surface area contributed by atoms with Gasteiger partial charge in [-0.25, -0.2) is 9.78 Å². The quantitative estimate of drug-likeness (QED) is 0.906. The Bertz CT molecular complexity index is 659. The second-order valence-corrected chi connectivity index (χ2v) is 6.66. The first-order valence-corrected chi connectivity index (χ1v) is 8.61. The maximum absolute atomic E-state index is 12.4. The molecule has 0 saturated carbocycles. The first-order chi connectivity index (χ1) is 11.1. The number of aliphatic hydroxyl groups excluding tert-OH is 1. The summed E-state index contributed by atoms with van der Waals surface area (Å²) in [6, 6.07) is 3.64. The highest BCUT2D eigenvalue weighted by atomic mass is 32.1. The molecule has 2 unspecified atom stereocenters. The lowest BCUT2D eigenvalue weighted by Crippen LogP contribution is -2.44. The summed E-state index contributed by atoms with van der Waals surface area (Å²) in [7, 11) is 0. The smallest absolute Gasteiger partial charge is 0.323 e. The fourth-order valence-electron chi connectivity index (χ4n) is 2.74. The van der Waals surface area contributed by atoms with Crippen LogP contribution in [-0.4, -0.2) is 45.2 Å². The first kappa shape index (κ1) is 15.9. The Labute approximate surface area is 139 Å². The van der Waals surface area contributed by atoms with E-state index in [4.69, 9.17) is 0 Å². The lowest BCUT2D eigenvalue weighted by molar-refractivity contribution is 0.0766. The van der Waals surface area contributed by atoms with Crippen LogP contribution in [0, 0.1) is 5.92 Å². The molecular formula is C16H20N4O2S. The third kappa shape index (κ3) is 3.86. The zero-order chi connectivity index (χ0) is 16.2. The summed E-state index contributed by atoms with van der Waals surface area (Å²) in [5.41, 5.74) is 1.73. The summed E-state index contributed by atoms with van der Waals surface area (Å²) < 4.78 is 0. The normalized spacial score (nSPS) is 19.4. The molecule has 1 aliphatic rings. The molecule has 0 aromatic carbocycles. The summed E-state index contributed by atoms with van der Waals surface area (Å²) in [5.74, 6) is 0.150. The summed E-state index contributed by atoms with van der Waals surface area (Å²) >= 11 is 1.40. The van der Waals surface area contributed by atoms with E-state index in [-0.39, 0.29) is 18.1 Å². The van der Waals surface area contributed by atoms with Crippen LogP contribution in [0.15, 0.2) is 29.9 Å². The van der Waals surface area contributed by atoms with Crippen LogP contribution in [-0.2, 0) is 0 Å². The predicted molar refractivity (Wildman–Crippen MR) is 90.3 cm³/mol. The highest BCUT2D eigenvalue weighted by Crippen LogP contribution is 2.25. The number of pyridine rings is 1. The molecule has 2 aromatic heterocycles. The van der Waals surface area contributed by atoms with Crippen molar-refractivity contribution < 1.29 is 9.90 Å². The van der Waals surface area contributed by atoms with Crippen LogP contribution in [0.25, 0.3) is 11.3 Å². The Morgan fingerprint density at radius 1 is 1.57 bits per heavy atom. The lowest BCUT2D eigenvalue weighted by atomic mass is 9.94. The van der Waals surface area contributed by atoms with Gasteiger partial charge in [-0.1, -0.05) is 0 Å². The minimum atomic E-state index is -0.386. The van der Waals surface area contributed by atoms with Gasteiger partial charge in [0.2, 0.25) is 0 Å². The molecule has 1 aliphatic heterocycles. The van der Waals surface area contributed by atoms with Gasteiger partial charge in [0.15, 0.2) is 5.13 Å². The maximum Gasteiger partial charge on any atom is 0.323 e. The minimum absolute atomic E-state index is 0.150. The standard InChI is InChI=1S/C16H20N4O2S/c1-11(21)13-5-3-7-20(9-13)16(22)19-15-18-14(10-23-15)12-4-2-6-17-8-12/h2,4,6,8,10-11,13,21H,3,5,7,9H2,1H3,(H,18,19,22). The van der Waals surface area contributed by atoms with Crippen molar-refractivity contribution in [3.63, 3.8) is 0 Å². The fraction of sp³-hybridized carbons (Fsp3) is 0.438. The second-order valence-electron chi connectivity index (χ2n) is 5.80. The van der Waals surface area contributed by atoms with E-state index in [1.165, 1.54) is 11.3 Å². The molecule has 0 bridgehead atoms. The highest BCUT2D eigenvalue weighted by molar-refractivity contribution is 7.14. The van der Waals surface area contributed by atoms with E-state index in [0.29, 0.717) is 11.7 Å². The number of hydrogen-bond donors (Lipinski definition) is 2. The molecule has 0 radical (unpaired) electrons. The molecule has 122 valence electrons. The number of amides is 2. The summed E-state index contributed by atoms with van der Waals surface area (Å²) in [6.45, 7) is 3.09. The SMILES string of the molecule is CC(O)C1CCCN(C(=O)Nc2nc(-c3cccnc3)cs2)C1. The summed E-state index contributed by atoms with van der Waals surface area (Å²) in [5, 5.41) is 15.1. The number of nitrogens with one attached hydrogen (secondary N) is 1. The third-order valence-electron chi connectivity index (χ3n) is 4.10. The monoisotopic (exact) mass is 332 g/mol. The topological polar surface area (TPSA) is 78.4 Å². The van der Waals surface area contributed by atoms with Gasteiger partial charge in [0, 0.05) is 42.3 Å². The molecule has 2 amide bonds. The molecule has 1 saturated heterocycles. The van der Waals surface area contributed by atoms with Crippen molar-refractivity contribution >= 4 is 22.5 Å². The number of anilines is 1. The number of rotatable bonds is 3. The molecule has 3 rings (SSSR count). The number of nitrogens with zero attached hydrogens (tertiary/aromatic N) is 3.